The topological polar surface area (TPSA) is 51.1 Å². The molecule has 0 radical (unpaired) electrons. The molecule has 1 amide bonds. The average molecular weight is 341 g/mol. The third-order valence-electron chi connectivity index (χ3n) is 4.00. The van der Waals surface area contributed by atoms with Crippen molar-refractivity contribution in [1.82, 2.24) is 4.57 Å². The summed E-state index contributed by atoms with van der Waals surface area (Å²) in [6.45, 7) is 4.01. The van der Waals surface area contributed by atoms with Gasteiger partial charge in [-0.3, -0.25) is 9.59 Å². The highest BCUT2D eigenvalue weighted by atomic mass is 35.5. The van der Waals surface area contributed by atoms with Gasteiger partial charge in [0.25, 0.3) is 0 Å². The van der Waals surface area contributed by atoms with Gasteiger partial charge in [0, 0.05) is 28.4 Å². The maximum atomic E-state index is 12.5. The molecule has 24 heavy (non-hydrogen) atoms. The quantitative estimate of drug-likeness (QED) is 0.786. The largest absolute Gasteiger partial charge is 0.338 e. The number of carbonyl (C=O) groups excluding carboxylic acids is 1. The van der Waals surface area contributed by atoms with Crippen LogP contribution in [0.3, 0.4) is 0 Å². The fourth-order valence-electron chi connectivity index (χ4n) is 2.76. The van der Waals surface area contributed by atoms with E-state index in [0.717, 1.165) is 16.8 Å². The number of aromatic nitrogens is 1. The van der Waals surface area contributed by atoms with Crippen molar-refractivity contribution >= 4 is 34.1 Å². The molecule has 5 heteroatoms. The molecule has 2 aromatic carbocycles. The Hall–Kier alpha value is -2.59. The van der Waals surface area contributed by atoms with Crippen molar-refractivity contribution in [2.24, 2.45) is 0 Å². The Morgan fingerprint density at radius 3 is 2.54 bits per heavy atom. The van der Waals surface area contributed by atoms with E-state index < -0.39 is 0 Å². The zero-order valence-corrected chi connectivity index (χ0v) is 14.2. The number of hydrogen-bond donors (Lipinski definition) is 1. The second kappa shape index (κ2) is 6.49. The molecule has 4 nitrogen and oxygen atoms in total. The summed E-state index contributed by atoms with van der Waals surface area (Å²) in [5.41, 5.74) is 3.40. The number of carbonyl (C=O) groups is 1. The zero-order valence-electron chi connectivity index (χ0n) is 13.5. The number of nitrogens with zero attached hydrogens (tertiary/aromatic N) is 1. The summed E-state index contributed by atoms with van der Waals surface area (Å²) in [5.74, 6) is -0.155. The molecule has 0 unspecified atom stereocenters. The normalized spacial score (nSPS) is 10.8. The van der Waals surface area contributed by atoms with Gasteiger partial charge in [-0.15, -0.1) is 0 Å². The summed E-state index contributed by atoms with van der Waals surface area (Å²) in [6.07, 6.45) is 1.62. The van der Waals surface area contributed by atoms with Gasteiger partial charge in [-0.1, -0.05) is 29.8 Å². The lowest BCUT2D eigenvalue weighted by Crippen LogP contribution is -2.21. The summed E-state index contributed by atoms with van der Waals surface area (Å²) in [4.78, 5) is 24.4. The van der Waals surface area contributed by atoms with Crippen LogP contribution in [0.2, 0.25) is 5.02 Å². The first-order chi connectivity index (χ1) is 11.5. The number of pyridine rings is 1. The monoisotopic (exact) mass is 340 g/mol. The van der Waals surface area contributed by atoms with Crippen LogP contribution < -0.4 is 10.7 Å². The van der Waals surface area contributed by atoms with Gasteiger partial charge in [0.1, 0.15) is 6.54 Å². The molecular weight excluding hydrogens is 324 g/mol. The van der Waals surface area contributed by atoms with E-state index in [2.05, 4.69) is 5.32 Å². The van der Waals surface area contributed by atoms with E-state index in [1.165, 1.54) is 6.07 Å². The number of aryl methyl sites for hydroxylation is 2. The predicted molar refractivity (Wildman–Crippen MR) is 97.8 cm³/mol. The number of rotatable bonds is 3. The lowest BCUT2D eigenvalue weighted by atomic mass is 10.1. The van der Waals surface area contributed by atoms with Gasteiger partial charge >= 0.3 is 0 Å². The van der Waals surface area contributed by atoms with Crippen LogP contribution in [-0.2, 0) is 11.3 Å². The molecule has 0 fully saturated rings. The second-order valence-corrected chi connectivity index (χ2v) is 6.22. The summed E-state index contributed by atoms with van der Waals surface area (Å²) in [6, 6.07) is 12.4. The minimum absolute atomic E-state index is 0.0897. The van der Waals surface area contributed by atoms with Crippen molar-refractivity contribution in [3.63, 3.8) is 0 Å². The van der Waals surface area contributed by atoms with Gasteiger partial charge in [0.05, 0.1) is 5.52 Å². The van der Waals surface area contributed by atoms with E-state index in [-0.39, 0.29) is 17.9 Å². The third-order valence-corrected chi connectivity index (χ3v) is 4.24. The molecule has 0 atom stereocenters. The average Bonchev–Trinajstić information content (AvgIpc) is 2.54. The van der Waals surface area contributed by atoms with Gasteiger partial charge in [-0.2, -0.15) is 0 Å². The van der Waals surface area contributed by atoms with E-state index in [9.17, 15) is 9.59 Å². The van der Waals surface area contributed by atoms with Crippen LogP contribution in [0.4, 0.5) is 5.69 Å². The molecule has 122 valence electrons. The molecule has 0 aliphatic heterocycles. The Labute approximate surface area is 144 Å². The summed E-state index contributed by atoms with van der Waals surface area (Å²) in [7, 11) is 0. The summed E-state index contributed by atoms with van der Waals surface area (Å²) >= 11 is 6.03. The van der Waals surface area contributed by atoms with Crippen molar-refractivity contribution < 1.29 is 4.79 Å². The molecule has 0 saturated carbocycles. The molecule has 1 N–H and O–H groups in total. The Bertz CT molecular complexity index is 972. The summed E-state index contributed by atoms with van der Waals surface area (Å²) < 4.78 is 1.73. The van der Waals surface area contributed by atoms with Crippen LogP contribution in [-0.4, -0.2) is 10.5 Å². The highest BCUT2D eigenvalue weighted by Gasteiger charge is 2.10. The first-order valence-electron chi connectivity index (χ1n) is 7.60. The van der Waals surface area contributed by atoms with E-state index in [0.29, 0.717) is 15.9 Å². The molecule has 3 rings (SSSR count). The minimum atomic E-state index is -0.155. The Morgan fingerprint density at radius 2 is 1.83 bits per heavy atom. The number of amides is 1. The number of fused-ring (bicyclic) bond motifs is 1. The second-order valence-electron chi connectivity index (χ2n) is 5.78. The number of anilines is 1. The minimum Gasteiger partial charge on any atom is -0.338 e. The fraction of sp³-hybridized carbons (Fsp3) is 0.158. The maximum Gasteiger partial charge on any atom is 0.244 e. The Balaban J connectivity index is 1.93. The molecule has 0 bridgehead atoms. The summed E-state index contributed by atoms with van der Waals surface area (Å²) in [5, 5.41) is 4.02. The lowest BCUT2D eigenvalue weighted by molar-refractivity contribution is -0.116. The predicted octanol–water partition coefficient (Wildman–Crippen LogP) is 3.91. The number of para-hydroxylation sites is 1. The van der Waals surface area contributed by atoms with Crippen LogP contribution in [0, 0.1) is 13.8 Å². The maximum absolute atomic E-state index is 12.5. The highest BCUT2D eigenvalue weighted by Crippen LogP contribution is 2.20. The van der Waals surface area contributed by atoms with Gasteiger partial charge in [-0.25, -0.2) is 0 Å². The molecule has 0 spiro atoms. The van der Waals surface area contributed by atoms with Crippen LogP contribution in [0.5, 0.6) is 0 Å². The van der Waals surface area contributed by atoms with Gasteiger partial charge in [0.2, 0.25) is 5.91 Å². The number of nitrogens with one attached hydrogen (secondary N) is 1. The van der Waals surface area contributed by atoms with Gasteiger partial charge < -0.3 is 9.88 Å². The van der Waals surface area contributed by atoms with Crippen molar-refractivity contribution in [2.45, 2.75) is 20.4 Å². The Morgan fingerprint density at radius 1 is 1.12 bits per heavy atom. The Kier molecular flexibility index (Phi) is 4.40. The van der Waals surface area contributed by atoms with Crippen LogP contribution >= 0.6 is 11.6 Å². The van der Waals surface area contributed by atoms with Gasteiger partial charge in [0.15, 0.2) is 5.43 Å². The lowest BCUT2D eigenvalue weighted by Gasteiger charge is -2.14. The standard InChI is InChI=1S/C19H17ClN2O2/c1-12-4-3-5-13(2)19(12)21-18(24)11-22-9-8-17(23)15-7-6-14(20)10-16(15)22/h3-10H,11H2,1-2H3,(H,21,24). The van der Waals surface area contributed by atoms with E-state index in [1.807, 2.05) is 32.0 Å². The molecule has 3 aromatic rings. The molecule has 0 aliphatic rings. The smallest absolute Gasteiger partial charge is 0.244 e. The first-order valence-corrected chi connectivity index (χ1v) is 7.98. The van der Waals surface area contributed by atoms with Crippen LogP contribution in [0.15, 0.2) is 53.5 Å². The van der Waals surface area contributed by atoms with E-state index in [4.69, 9.17) is 11.6 Å². The van der Waals surface area contributed by atoms with Crippen molar-refractivity contribution in [1.29, 1.82) is 0 Å². The number of hydrogen-bond acceptors (Lipinski definition) is 2. The van der Waals surface area contributed by atoms with Crippen LogP contribution in [0.25, 0.3) is 10.9 Å². The molecule has 1 heterocycles. The van der Waals surface area contributed by atoms with Crippen molar-refractivity contribution in [2.75, 3.05) is 5.32 Å². The van der Waals surface area contributed by atoms with Crippen molar-refractivity contribution in [3.05, 3.63) is 75.0 Å². The molecule has 1 aromatic heterocycles. The molecular formula is C19H17ClN2O2. The SMILES string of the molecule is Cc1cccc(C)c1NC(=O)Cn1ccc(=O)c2ccc(Cl)cc21. The third kappa shape index (κ3) is 3.19. The zero-order chi connectivity index (χ0) is 17.3. The van der Waals surface area contributed by atoms with E-state index in [1.54, 1.807) is 29.0 Å². The molecule has 0 saturated heterocycles. The van der Waals surface area contributed by atoms with Crippen molar-refractivity contribution in [3.8, 4) is 0 Å². The number of halogens is 1. The number of benzene rings is 2. The first kappa shape index (κ1) is 16.3. The molecule has 0 aliphatic carbocycles. The van der Waals surface area contributed by atoms with E-state index >= 15 is 0 Å². The van der Waals surface area contributed by atoms with Crippen LogP contribution in [0.1, 0.15) is 11.1 Å². The highest BCUT2D eigenvalue weighted by molar-refractivity contribution is 6.31. The van der Waals surface area contributed by atoms with Gasteiger partial charge in [-0.05, 0) is 43.2 Å². The fourth-order valence-corrected chi connectivity index (χ4v) is 2.93.